The van der Waals surface area contributed by atoms with Crippen molar-refractivity contribution >= 4 is 11.9 Å². The summed E-state index contributed by atoms with van der Waals surface area (Å²) in [6, 6.07) is 4.55. The van der Waals surface area contributed by atoms with Gasteiger partial charge in [-0.2, -0.15) is 0 Å². The van der Waals surface area contributed by atoms with Crippen LogP contribution in [0, 0.1) is 11.7 Å². The standard InChI is InChI=1S/C16H20FNO4/c1-3-22-16(20)18-9-7-11(8-10-18)15(19)12-5-4-6-13(21-2)14(12)17/h4-6,11H,3,7-10H2,1-2H3. The van der Waals surface area contributed by atoms with Crippen molar-refractivity contribution in [2.24, 2.45) is 5.92 Å². The molecule has 1 aromatic rings. The number of rotatable bonds is 4. The molecular weight excluding hydrogens is 289 g/mol. The predicted octanol–water partition coefficient (Wildman–Crippen LogP) is 2.89. The second kappa shape index (κ2) is 7.24. The molecule has 0 saturated carbocycles. The quantitative estimate of drug-likeness (QED) is 0.803. The number of amides is 1. The molecule has 0 bridgehead atoms. The summed E-state index contributed by atoms with van der Waals surface area (Å²) >= 11 is 0. The maximum absolute atomic E-state index is 14.2. The summed E-state index contributed by atoms with van der Waals surface area (Å²) in [4.78, 5) is 25.7. The van der Waals surface area contributed by atoms with Crippen LogP contribution in [-0.2, 0) is 4.74 Å². The van der Waals surface area contributed by atoms with Crippen molar-refractivity contribution in [2.75, 3.05) is 26.8 Å². The van der Waals surface area contributed by atoms with Gasteiger partial charge in [0.1, 0.15) is 0 Å². The lowest BCUT2D eigenvalue weighted by Gasteiger charge is -2.30. The molecule has 120 valence electrons. The fraction of sp³-hybridized carbons (Fsp3) is 0.500. The molecular formula is C16H20FNO4. The molecule has 0 radical (unpaired) electrons. The van der Waals surface area contributed by atoms with Crippen molar-refractivity contribution < 1.29 is 23.5 Å². The zero-order valence-electron chi connectivity index (χ0n) is 12.8. The highest BCUT2D eigenvalue weighted by Crippen LogP contribution is 2.27. The average Bonchev–Trinajstić information content (AvgIpc) is 2.55. The van der Waals surface area contributed by atoms with Gasteiger partial charge in [-0.15, -0.1) is 0 Å². The highest BCUT2D eigenvalue weighted by Gasteiger charge is 2.30. The van der Waals surface area contributed by atoms with E-state index in [-0.39, 0.29) is 29.1 Å². The molecule has 5 nitrogen and oxygen atoms in total. The number of methoxy groups -OCH3 is 1. The maximum atomic E-state index is 14.2. The van der Waals surface area contributed by atoms with Gasteiger partial charge in [0, 0.05) is 19.0 Å². The minimum absolute atomic E-state index is 0.0499. The molecule has 0 atom stereocenters. The summed E-state index contributed by atoms with van der Waals surface area (Å²) in [5, 5.41) is 0. The number of carbonyl (C=O) groups is 2. The van der Waals surface area contributed by atoms with Crippen molar-refractivity contribution in [3.8, 4) is 5.75 Å². The van der Waals surface area contributed by atoms with Crippen LogP contribution in [0.2, 0.25) is 0 Å². The van der Waals surface area contributed by atoms with Crippen LogP contribution in [0.15, 0.2) is 18.2 Å². The lowest BCUT2D eigenvalue weighted by atomic mass is 9.88. The molecule has 2 rings (SSSR count). The van der Waals surface area contributed by atoms with Gasteiger partial charge < -0.3 is 14.4 Å². The molecule has 1 fully saturated rings. The van der Waals surface area contributed by atoms with Crippen molar-refractivity contribution in [1.82, 2.24) is 4.90 Å². The molecule has 1 heterocycles. The van der Waals surface area contributed by atoms with E-state index in [4.69, 9.17) is 9.47 Å². The average molecular weight is 309 g/mol. The Hall–Kier alpha value is -2.11. The lowest BCUT2D eigenvalue weighted by Crippen LogP contribution is -2.40. The van der Waals surface area contributed by atoms with Gasteiger partial charge in [-0.1, -0.05) is 6.07 Å². The van der Waals surface area contributed by atoms with E-state index in [1.165, 1.54) is 19.2 Å². The smallest absolute Gasteiger partial charge is 0.409 e. The Morgan fingerprint density at radius 1 is 1.32 bits per heavy atom. The molecule has 1 aromatic carbocycles. The fourth-order valence-electron chi connectivity index (χ4n) is 2.62. The molecule has 22 heavy (non-hydrogen) atoms. The Labute approximate surface area is 129 Å². The number of hydrogen-bond acceptors (Lipinski definition) is 4. The zero-order chi connectivity index (χ0) is 16.1. The summed E-state index contributed by atoms with van der Waals surface area (Å²) in [5.74, 6) is -1.08. The summed E-state index contributed by atoms with van der Waals surface area (Å²) in [5.41, 5.74) is 0.0499. The van der Waals surface area contributed by atoms with E-state index in [0.29, 0.717) is 32.5 Å². The van der Waals surface area contributed by atoms with E-state index in [9.17, 15) is 14.0 Å². The Morgan fingerprint density at radius 3 is 2.59 bits per heavy atom. The van der Waals surface area contributed by atoms with Crippen LogP contribution < -0.4 is 4.74 Å². The Balaban J connectivity index is 2.02. The molecule has 0 unspecified atom stereocenters. The van der Waals surface area contributed by atoms with Crippen LogP contribution in [0.25, 0.3) is 0 Å². The Morgan fingerprint density at radius 2 is 2.00 bits per heavy atom. The van der Waals surface area contributed by atoms with Gasteiger partial charge in [-0.3, -0.25) is 4.79 Å². The third-order valence-corrected chi connectivity index (χ3v) is 3.84. The molecule has 1 aliphatic rings. The summed E-state index contributed by atoms with van der Waals surface area (Å²) in [6.07, 6.45) is 0.656. The zero-order valence-corrected chi connectivity index (χ0v) is 12.8. The minimum Gasteiger partial charge on any atom is -0.494 e. The van der Waals surface area contributed by atoms with Gasteiger partial charge in [-0.05, 0) is 31.9 Å². The van der Waals surface area contributed by atoms with Crippen molar-refractivity contribution in [3.05, 3.63) is 29.6 Å². The second-order valence-electron chi connectivity index (χ2n) is 5.15. The SMILES string of the molecule is CCOC(=O)N1CCC(C(=O)c2cccc(OC)c2F)CC1. The first-order valence-electron chi connectivity index (χ1n) is 7.36. The topological polar surface area (TPSA) is 55.8 Å². The van der Waals surface area contributed by atoms with Crippen molar-refractivity contribution in [1.29, 1.82) is 0 Å². The fourth-order valence-corrected chi connectivity index (χ4v) is 2.62. The number of carbonyl (C=O) groups excluding carboxylic acids is 2. The normalized spacial score (nSPS) is 15.5. The van der Waals surface area contributed by atoms with Crippen LogP contribution >= 0.6 is 0 Å². The predicted molar refractivity (Wildman–Crippen MR) is 78.6 cm³/mol. The monoisotopic (exact) mass is 309 g/mol. The third kappa shape index (κ3) is 3.37. The number of Topliss-reactive ketones (excluding diaryl/α,β-unsaturated/α-hetero) is 1. The van der Waals surface area contributed by atoms with Crippen LogP contribution in [0.5, 0.6) is 5.75 Å². The molecule has 1 saturated heterocycles. The molecule has 1 amide bonds. The van der Waals surface area contributed by atoms with Gasteiger partial charge >= 0.3 is 6.09 Å². The van der Waals surface area contributed by atoms with E-state index in [0.717, 1.165) is 0 Å². The number of nitrogens with zero attached hydrogens (tertiary/aromatic N) is 1. The van der Waals surface area contributed by atoms with Gasteiger partial charge in [-0.25, -0.2) is 9.18 Å². The molecule has 0 aromatic heterocycles. The number of piperidine rings is 1. The summed E-state index contributed by atoms with van der Waals surface area (Å²) < 4.78 is 24.0. The van der Waals surface area contributed by atoms with Crippen LogP contribution in [-0.4, -0.2) is 43.6 Å². The lowest BCUT2D eigenvalue weighted by molar-refractivity contribution is 0.0750. The molecule has 0 spiro atoms. The van der Waals surface area contributed by atoms with E-state index in [1.807, 2.05) is 0 Å². The first-order valence-corrected chi connectivity index (χ1v) is 7.36. The largest absolute Gasteiger partial charge is 0.494 e. The van der Waals surface area contributed by atoms with Gasteiger partial charge in [0.2, 0.25) is 0 Å². The highest BCUT2D eigenvalue weighted by atomic mass is 19.1. The number of ketones is 1. The number of benzene rings is 1. The summed E-state index contributed by atoms with van der Waals surface area (Å²) in [7, 11) is 1.37. The molecule has 0 N–H and O–H groups in total. The number of likely N-dealkylation sites (tertiary alicyclic amines) is 1. The molecule has 6 heteroatoms. The Kier molecular flexibility index (Phi) is 5.35. The Bertz CT molecular complexity index is 553. The van der Waals surface area contributed by atoms with Gasteiger partial charge in [0.05, 0.1) is 19.3 Å². The summed E-state index contributed by atoms with van der Waals surface area (Å²) in [6.45, 7) is 2.97. The first-order chi connectivity index (χ1) is 10.6. The van der Waals surface area contributed by atoms with E-state index < -0.39 is 5.82 Å². The third-order valence-electron chi connectivity index (χ3n) is 3.84. The first kappa shape index (κ1) is 16.3. The van der Waals surface area contributed by atoms with Gasteiger partial charge in [0.15, 0.2) is 17.3 Å². The van der Waals surface area contributed by atoms with E-state index >= 15 is 0 Å². The van der Waals surface area contributed by atoms with Gasteiger partial charge in [0.25, 0.3) is 0 Å². The van der Waals surface area contributed by atoms with Crippen LogP contribution in [0.3, 0.4) is 0 Å². The number of ether oxygens (including phenoxy) is 2. The van der Waals surface area contributed by atoms with E-state index in [2.05, 4.69) is 0 Å². The van der Waals surface area contributed by atoms with Crippen LogP contribution in [0.4, 0.5) is 9.18 Å². The minimum atomic E-state index is -0.622. The molecule has 0 aliphatic carbocycles. The molecule has 1 aliphatic heterocycles. The number of halogens is 1. The van der Waals surface area contributed by atoms with Crippen molar-refractivity contribution in [3.63, 3.8) is 0 Å². The highest BCUT2D eigenvalue weighted by molar-refractivity contribution is 5.98. The maximum Gasteiger partial charge on any atom is 0.409 e. The second-order valence-corrected chi connectivity index (χ2v) is 5.15. The van der Waals surface area contributed by atoms with Crippen LogP contribution in [0.1, 0.15) is 30.1 Å². The van der Waals surface area contributed by atoms with E-state index in [1.54, 1.807) is 17.9 Å². The van der Waals surface area contributed by atoms with Crippen molar-refractivity contribution in [2.45, 2.75) is 19.8 Å². The number of hydrogen-bond donors (Lipinski definition) is 0.